The lowest BCUT2D eigenvalue weighted by Crippen LogP contribution is -2.34. The van der Waals surface area contributed by atoms with Gasteiger partial charge in [0.1, 0.15) is 18.0 Å². The lowest BCUT2D eigenvalue weighted by atomic mass is 10.0. The molecule has 3 heterocycles. The van der Waals surface area contributed by atoms with Crippen LogP contribution < -0.4 is 19.7 Å². The first-order valence-electron chi connectivity index (χ1n) is 8.48. The maximum atomic E-state index is 5.55. The summed E-state index contributed by atoms with van der Waals surface area (Å²) in [7, 11) is 0. The molecule has 6 nitrogen and oxygen atoms in total. The Labute approximate surface area is 141 Å². The molecule has 0 amide bonds. The van der Waals surface area contributed by atoms with Crippen molar-refractivity contribution in [1.29, 1.82) is 0 Å². The van der Waals surface area contributed by atoms with Crippen molar-refractivity contribution in [3.8, 4) is 11.5 Å². The first kappa shape index (κ1) is 15.1. The smallest absolute Gasteiger partial charge is 0.231 e. The zero-order chi connectivity index (χ0) is 16.4. The molecule has 0 bridgehead atoms. The van der Waals surface area contributed by atoms with Crippen LogP contribution in [0.3, 0.4) is 0 Å². The van der Waals surface area contributed by atoms with Crippen molar-refractivity contribution in [2.75, 3.05) is 30.1 Å². The molecule has 2 aliphatic rings. The monoisotopic (exact) mass is 326 g/mol. The molecule has 1 aromatic heterocycles. The minimum atomic E-state index is 0.289. The summed E-state index contributed by atoms with van der Waals surface area (Å²) in [6.45, 7) is 5.35. The number of hydrogen-bond donors (Lipinski definition) is 1. The second-order valence-corrected chi connectivity index (χ2v) is 6.46. The highest BCUT2D eigenvalue weighted by Gasteiger charge is 2.19. The van der Waals surface area contributed by atoms with Gasteiger partial charge in [0.2, 0.25) is 6.79 Å². The highest BCUT2D eigenvalue weighted by molar-refractivity contribution is 5.52. The van der Waals surface area contributed by atoms with Crippen molar-refractivity contribution in [3.05, 3.63) is 36.2 Å². The van der Waals surface area contributed by atoms with E-state index in [1.54, 1.807) is 6.33 Å². The number of rotatable bonds is 4. The van der Waals surface area contributed by atoms with Crippen LogP contribution >= 0.6 is 0 Å². The molecule has 1 saturated heterocycles. The summed E-state index contributed by atoms with van der Waals surface area (Å²) >= 11 is 0. The molecule has 1 unspecified atom stereocenters. The van der Waals surface area contributed by atoms with Crippen LogP contribution in [0.5, 0.6) is 11.5 Å². The highest BCUT2D eigenvalue weighted by atomic mass is 16.7. The summed E-state index contributed by atoms with van der Waals surface area (Å²) in [5.41, 5.74) is 1.07. The summed E-state index contributed by atoms with van der Waals surface area (Å²) in [4.78, 5) is 11.1. The zero-order valence-corrected chi connectivity index (χ0v) is 13.9. The number of anilines is 2. The van der Waals surface area contributed by atoms with Gasteiger partial charge in [-0.2, -0.15) is 0 Å². The van der Waals surface area contributed by atoms with Crippen molar-refractivity contribution in [1.82, 2.24) is 9.97 Å². The van der Waals surface area contributed by atoms with Crippen LogP contribution in [-0.4, -0.2) is 29.9 Å². The lowest BCUT2D eigenvalue weighted by Gasteiger charge is -2.31. The average Bonchev–Trinajstić information content (AvgIpc) is 3.09. The first-order chi connectivity index (χ1) is 11.8. The molecule has 2 aromatic rings. The first-order valence-corrected chi connectivity index (χ1v) is 8.48. The third kappa shape index (κ3) is 3.09. The van der Waals surface area contributed by atoms with Crippen LogP contribution in [0.25, 0.3) is 0 Å². The second kappa shape index (κ2) is 6.55. The molecule has 1 N–H and O–H groups in total. The van der Waals surface area contributed by atoms with Crippen molar-refractivity contribution in [2.45, 2.75) is 26.3 Å². The standard InChI is InChI=1S/C18H22N4O2/c1-13-4-3-7-22(10-13)17-8-16(20-11-21-17)19-9-14-5-2-6-15-18(14)24-12-23-15/h2,5-6,8,11,13H,3-4,7,9-10,12H2,1H3,(H,19,20,21). The molecule has 4 rings (SSSR count). The van der Waals surface area contributed by atoms with E-state index in [9.17, 15) is 0 Å². The Morgan fingerprint density at radius 2 is 2.25 bits per heavy atom. The number of piperidine rings is 1. The third-order valence-corrected chi connectivity index (χ3v) is 4.57. The number of aromatic nitrogens is 2. The van der Waals surface area contributed by atoms with Crippen LogP contribution in [-0.2, 0) is 6.54 Å². The maximum absolute atomic E-state index is 5.55. The number of para-hydroxylation sites is 1. The Morgan fingerprint density at radius 1 is 1.29 bits per heavy atom. The fourth-order valence-corrected chi connectivity index (χ4v) is 3.33. The van der Waals surface area contributed by atoms with E-state index in [0.29, 0.717) is 12.5 Å². The molecule has 0 saturated carbocycles. The van der Waals surface area contributed by atoms with Gasteiger partial charge in [0.25, 0.3) is 0 Å². The molecule has 2 aliphatic heterocycles. The van der Waals surface area contributed by atoms with E-state index in [1.165, 1.54) is 12.8 Å². The SMILES string of the molecule is CC1CCCN(c2cc(NCc3cccc4c3OCO4)ncn2)C1. The molecule has 1 aromatic carbocycles. The van der Waals surface area contributed by atoms with Gasteiger partial charge >= 0.3 is 0 Å². The number of benzene rings is 1. The Morgan fingerprint density at radius 3 is 3.17 bits per heavy atom. The Bertz CT molecular complexity index is 722. The number of nitrogens with zero attached hydrogens (tertiary/aromatic N) is 3. The van der Waals surface area contributed by atoms with Crippen LogP contribution in [0.15, 0.2) is 30.6 Å². The van der Waals surface area contributed by atoms with Crippen molar-refractivity contribution in [3.63, 3.8) is 0 Å². The van der Waals surface area contributed by atoms with Crippen LogP contribution in [0.1, 0.15) is 25.3 Å². The summed E-state index contributed by atoms with van der Waals surface area (Å²) in [6, 6.07) is 7.96. The normalized spacial score (nSPS) is 19.4. The Balaban J connectivity index is 1.46. The largest absolute Gasteiger partial charge is 0.454 e. The van der Waals surface area contributed by atoms with E-state index >= 15 is 0 Å². The predicted octanol–water partition coefficient (Wildman–Crippen LogP) is 3.05. The molecule has 0 radical (unpaired) electrons. The van der Waals surface area contributed by atoms with Crippen molar-refractivity contribution < 1.29 is 9.47 Å². The van der Waals surface area contributed by atoms with Gasteiger partial charge in [-0.05, 0) is 24.8 Å². The molecular weight excluding hydrogens is 304 g/mol. The molecule has 1 atom stereocenters. The van der Waals surface area contributed by atoms with E-state index in [4.69, 9.17) is 9.47 Å². The van der Waals surface area contributed by atoms with Gasteiger partial charge in [0, 0.05) is 31.3 Å². The van der Waals surface area contributed by atoms with Crippen molar-refractivity contribution >= 4 is 11.6 Å². The summed E-state index contributed by atoms with van der Waals surface area (Å²) in [5, 5.41) is 3.37. The van der Waals surface area contributed by atoms with Crippen LogP contribution in [0.4, 0.5) is 11.6 Å². The quantitative estimate of drug-likeness (QED) is 0.932. The van der Waals surface area contributed by atoms with E-state index in [-0.39, 0.29) is 6.79 Å². The van der Waals surface area contributed by atoms with Gasteiger partial charge in [-0.3, -0.25) is 0 Å². The van der Waals surface area contributed by atoms with Gasteiger partial charge in [0.05, 0.1) is 0 Å². The number of fused-ring (bicyclic) bond motifs is 1. The van der Waals surface area contributed by atoms with E-state index in [0.717, 1.165) is 41.8 Å². The highest BCUT2D eigenvalue weighted by Crippen LogP contribution is 2.35. The number of nitrogens with one attached hydrogen (secondary N) is 1. The second-order valence-electron chi connectivity index (χ2n) is 6.46. The van der Waals surface area contributed by atoms with E-state index < -0.39 is 0 Å². The summed E-state index contributed by atoms with van der Waals surface area (Å²) in [6.07, 6.45) is 4.15. The fourth-order valence-electron chi connectivity index (χ4n) is 3.33. The zero-order valence-electron chi connectivity index (χ0n) is 13.9. The molecular formula is C18H22N4O2. The van der Waals surface area contributed by atoms with Gasteiger partial charge < -0.3 is 19.7 Å². The lowest BCUT2D eigenvalue weighted by molar-refractivity contribution is 0.173. The van der Waals surface area contributed by atoms with Gasteiger partial charge in [0.15, 0.2) is 11.5 Å². The Kier molecular flexibility index (Phi) is 4.11. The fraction of sp³-hybridized carbons (Fsp3) is 0.444. The van der Waals surface area contributed by atoms with Crippen molar-refractivity contribution in [2.24, 2.45) is 5.92 Å². The average molecular weight is 326 g/mol. The minimum Gasteiger partial charge on any atom is -0.454 e. The molecule has 6 heteroatoms. The number of ether oxygens (including phenoxy) is 2. The summed E-state index contributed by atoms with van der Waals surface area (Å²) < 4.78 is 11.0. The molecule has 1 fully saturated rings. The minimum absolute atomic E-state index is 0.289. The molecule has 0 aliphatic carbocycles. The maximum Gasteiger partial charge on any atom is 0.231 e. The van der Waals surface area contributed by atoms with Crippen LogP contribution in [0, 0.1) is 5.92 Å². The van der Waals surface area contributed by atoms with Gasteiger partial charge in [-0.15, -0.1) is 0 Å². The van der Waals surface area contributed by atoms with E-state index in [2.05, 4.69) is 27.1 Å². The summed E-state index contributed by atoms with van der Waals surface area (Å²) in [5.74, 6) is 4.17. The molecule has 126 valence electrons. The Hall–Kier alpha value is -2.50. The van der Waals surface area contributed by atoms with E-state index in [1.807, 2.05) is 24.3 Å². The molecule has 0 spiro atoms. The number of hydrogen-bond acceptors (Lipinski definition) is 6. The molecule has 24 heavy (non-hydrogen) atoms. The van der Waals surface area contributed by atoms with Gasteiger partial charge in [-0.25, -0.2) is 9.97 Å². The topological polar surface area (TPSA) is 59.5 Å². The third-order valence-electron chi connectivity index (χ3n) is 4.57. The van der Waals surface area contributed by atoms with Crippen LogP contribution in [0.2, 0.25) is 0 Å². The van der Waals surface area contributed by atoms with Gasteiger partial charge in [-0.1, -0.05) is 19.1 Å². The predicted molar refractivity (Wildman–Crippen MR) is 92.5 cm³/mol.